The quantitative estimate of drug-likeness (QED) is 0.629. The van der Waals surface area contributed by atoms with Crippen LogP contribution in [0, 0.1) is 17.2 Å². The van der Waals surface area contributed by atoms with Gasteiger partial charge in [0.25, 0.3) is 0 Å². The lowest BCUT2D eigenvalue weighted by Crippen LogP contribution is -2.38. The Hall–Kier alpha value is -2.89. The second kappa shape index (κ2) is 9.28. The molecule has 0 radical (unpaired) electrons. The van der Waals surface area contributed by atoms with Crippen LogP contribution in [-0.4, -0.2) is 51.3 Å². The van der Waals surface area contributed by atoms with E-state index in [9.17, 15) is 13.2 Å². The van der Waals surface area contributed by atoms with E-state index in [1.165, 1.54) is 17.7 Å². The molecule has 1 heterocycles. The zero-order valence-corrected chi connectivity index (χ0v) is 17.8. The molecule has 0 aliphatic carbocycles. The van der Waals surface area contributed by atoms with Crippen molar-refractivity contribution in [2.24, 2.45) is 5.92 Å². The number of nitrogens with zero attached hydrogens (tertiary/aromatic N) is 2. The maximum absolute atomic E-state index is 12.1. The molecule has 0 spiro atoms. The van der Waals surface area contributed by atoms with Crippen LogP contribution in [0.2, 0.25) is 0 Å². The molecule has 7 nitrogen and oxygen atoms in total. The average molecular weight is 429 g/mol. The van der Waals surface area contributed by atoms with Gasteiger partial charge in [0.05, 0.1) is 31.0 Å². The summed E-state index contributed by atoms with van der Waals surface area (Å²) in [5.74, 6) is 0.213. The summed E-state index contributed by atoms with van der Waals surface area (Å²) >= 11 is 0. The highest BCUT2D eigenvalue weighted by Gasteiger charge is 2.38. The topological polar surface area (TPSA) is 96.7 Å². The first-order valence-electron chi connectivity index (χ1n) is 9.57. The molecule has 1 aliphatic heterocycles. The standard InChI is InChI=1S/C22H24N2O5S/c1-28-22(25)12-17-11-20(24(14-17)30(2,26)27)15-29-21-9-7-19(8-10-21)18-5-3-16(13-23)4-6-18/h3-10,17,20H,11-12,14-15H2,1-2H3/t17-,20-/m0/s1. The highest BCUT2D eigenvalue weighted by atomic mass is 32.2. The van der Waals surface area contributed by atoms with Gasteiger partial charge in [-0.05, 0) is 47.7 Å². The highest BCUT2D eigenvalue weighted by Crippen LogP contribution is 2.29. The van der Waals surface area contributed by atoms with Crippen molar-refractivity contribution in [2.45, 2.75) is 18.9 Å². The number of sulfonamides is 1. The number of esters is 1. The summed E-state index contributed by atoms with van der Waals surface area (Å²) in [6, 6.07) is 16.6. The average Bonchev–Trinajstić information content (AvgIpc) is 3.16. The van der Waals surface area contributed by atoms with Crippen molar-refractivity contribution >= 4 is 16.0 Å². The molecule has 8 heteroatoms. The molecule has 0 saturated carbocycles. The zero-order chi connectivity index (χ0) is 21.7. The molecule has 158 valence electrons. The lowest BCUT2D eigenvalue weighted by molar-refractivity contribution is -0.141. The summed E-state index contributed by atoms with van der Waals surface area (Å²) in [6.45, 7) is 0.501. The summed E-state index contributed by atoms with van der Waals surface area (Å²) in [5.41, 5.74) is 2.59. The molecule has 0 amide bonds. The fourth-order valence-electron chi connectivity index (χ4n) is 3.68. The number of hydrogen-bond acceptors (Lipinski definition) is 6. The predicted octanol–water partition coefficient (Wildman–Crippen LogP) is 2.82. The number of carbonyl (C=O) groups excluding carboxylic acids is 1. The third kappa shape index (κ3) is 5.38. The van der Waals surface area contributed by atoms with Crippen LogP contribution in [0.3, 0.4) is 0 Å². The third-order valence-corrected chi connectivity index (χ3v) is 6.50. The van der Waals surface area contributed by atoms with Crippen molar-refractivity contribution in [2.75, 3.05) is 26.5 Å². The SMILES string of the molecule is COC(=O)C[C@@H]1C[C@@H](COc2ccc(-c3ccc(C#N)cc3)cc2)N(S(C)(=O)=O)C1. The van der Waals surface area contributed by atoms with Gasteiger partial charge in [-0.1, -0.05) is 24.3 Å². The first kappa shape index (κ1) is 21.8. The Morgan fingerprint density at radius 3 is 2.27 bits per heavy atom. The Bertz CT molecular complexity index is 1030. The van der Waals surface area contributed by atoms with Crippen LogP contribution in [0.1, 0.15) is 18.4 Å². The molecular formula is C22H24N2O5S. The molecule has 0 unspecified atom stereocenters. The van der Waals surface area contributed by atoms with E-state index in [1.807, 2.05) is 36.4 Å². The van der Waals surface area contributed by atoms with Crippen molar-refractivity contribution in [3.8, 4) is 22.9 Å². The molecule has 30 heavy (non-hydrogen) atoms. The molecule has 2 aromatic rings. The second-order valence-corrected chi connectivity index (χ2v) is 9.33. The largest absolute Gasteiger partial charge is 0.492 e. The van der Waals surface area contributed by atoms with Gasteiger partial charge in [-0.3, -0.25) is 4.79 Å². The van der Waals surface area contributed by atoms with Crippen LogP contribution < -0.4 is 4.74 Å². The minimum atomic E-state index is -3.40. The summed E-state index contributed by atoms with van der Waals surface area (Å²) in [5, 5.41) is 8.89. The van der Waals surface area contributed by atoms with E-state index in [-0.39, 0.29) is 31.0 Å². The van der Waals surface area contributed by atoms with Gasteiger partial charge in [-0.15, -0.1) is 0 Å². The Morgan fingerprint density at radius 2 is 1.73 bits per heavy atom. The van der Waals surface area contributed by atoms with Crippen LogP contribution >= 0.6 is 0 Å². The van der Waals surface area contributed by atoms with E-state index in [1.54, 1.807) is 12.1 Å². The van der Waals surface area contributed by atoms with E-state index in [2.05, 4.69) is 6.07 Å². The van der Waals surface area contributed by atoms with Crippen molar-refractivity contribution in [1.29, 1.82) is 5.26 Å². The molecule has 0 N–H and O–H groups in total. The zero-order valence-electron chi connectivity index (χ0n) is 16.9. The van der Waals surface area contributed by atoms with Crippen LogP contribution in [0.4, 0.5) is 0 Å². The number of methoxy groups -OCH3 is 1. The fourth-order valence-corrected chi connectivity index (χ4v) is 4.85. The molecule has 2 atom stereocenters. The van der Waals surface area contributed by atoms with Gasteiger partial charge in [0.2, 0.25) is 10.0 Å². The number of rotatable bonds is 7. The summed E-state index contributed by atoms with van der Waals surface area (Å²) in [6.07, 6.45) is 1.91. The Kier molecular flexibility index (Phi) is 6.75. The van der Waals surface area contributed by atoms with E-state index in [0.29, 0.717) is 24.3 Å². The van der Waals surface area contributed by atoms with Gasteiger partial charge in [0, 0.05) is 13.0 Å². The highest BCUT2D eigenvalue weighted by molar-refractivity contribution is 7.88. The first-order chi connectivity index (χ1) is 14.3. The van der Waals surface area contributed by atoms with Crippen molar-refractivity contribution in [3.63, 3.8) is 0 Å². The van der Waals surface area contributed by atoms with Gasteiger partial charge in [0.15, 0.2) is 0 Å². The summed E-state index contributed by atoms with van der Waals surface area (Å²) in [7, 11) is -2.07. The Morgan fingerprint density at radius 1 is 1.13 bits per heavy atom. The molecule has 0 aromatic heterocycles. The van der Waals surface area contributed by atoms with Crippen LogP contribution in [-0.2, 0) is 19.6 Å². The number of carbonyl (C=O) groups is 1. The fraction of sp³-hybridized carbons (Fsp3) is 0.364. The van der Waals surface area contributed by atoms with E-state index >= 15 is 0 Å². The predicted molar refractivity (Wildman–Crippen MR) is 112 cm³/mol. The van der Waals surface area contributed by atoms with Crippen molar-refractivity contribution in [1.82, 2.24) is 4.31 Å². The molecule has 1 saturated heterocycles. The molecule has 0 bridgehead atoms. The molecule has 3 rings (SSSR count). The maximum atomic E-state index is 12.1. The summed E-state index contributed by atoms with van der Waals surface area (Å²) in [4.78, 5) is 11.6. The van der Waals surface area contributed by atoms with Crippen molar-refractivity contribution in [3.05, 3.63) is 54.1 Å². The van der Waals surface area contributed by atoms with Crippen LogP contribution in [0.25, 0.3) is 11.1 Å². The third-order valence-electron chi connectivity index (χ3n) is 5.20. The second-order valence-electron chi connectivity index (χ2n) is 7.39. The number of hydrogen-bond donors (Lipinski definition) is 0. The van der Waals surface area contributed by atoms with Gasteiger partial charge < -0.3 is 9.47 Å². The first-order valence-corrected chi connectivity index (χ1v) is 11.4. The minimum Gasteiger partial charge on any atom is -0.492 e. The van der Waals surface area contributed by atoms with Crippen LogP contribution in [0.5, 0.6) is 5.75 Å². The van der Waals surface area contributed by atoms with E-state index < -0.39 is 10.0 Å². The lowest BCUT2D eigenvalue weighted by Gasteiger charge is -2.22. The molecule has 1 fully saturated rings. The van der Waals surface area contributed by atoms with E-state index in [0.717, 1.165) is 11.1 Å². The molecule has 2 aromatic carbocycles. The van der Waals surface area contributed by atoms with E-state index in [4.69, 9.17) is 14.7 Å². The normalized spacial score (nSPS) is 19.2. The van der Waals surface area contributed by atoms with Crippen molar-refractivity contribution < 1.29 is 22.7 Å². The monoisotopic (exact) mass is 428 g/mol. The van der Waals surface area contributed by atoms with Gasteiger partial charge in [-0.2, -0.15) is 9.57 Å². The van der Waals surface area contributed by atoms with Gasteiger partial charge in [0.1, 0.15) is 12.4 Å². The molecular weight excluding hydrogens is 404 g/mol. The minimum absolute atomic E-state index is 0.0838. The smallest absolute Gasteiger partial charge is 0.305 e. The molecule has 1 aliphatic rings. The number of ether oxygens (including phenoxy) is 2. The maximum Gasteiger partial charge on any atom is 0.305 e. The summed E-state index contributed by atoms with van der Waals surface area (Å²) < 4.78 is 36.2. The van der Waals surface area contributed by atoms with Gasteiger partial charge in [-0.25, -0.2) is 8.42 Å². The Balaban J connectivity index is 1.64. The number of benzene rings is 2. The lowest BCUT2D eigenvalue weighted by atomic mass is 10.0. The van der Waals surface area contributed by atoms with Gasteiger partial charge >= 0.3 is 5.97 Å². The Labute approximate surface area is 176 Å². The van der Waals surface area contributed by atoms with Crippen LogP contribution in [0.15, 0.2) is 48.5 Å². The number of nitriles is 1.